The fourth-order valence-electron chi connectivity index (χ4n) is 2.98. The highest BCUT2D eigenvalue weighted by Gasteiger charge is 2.16. The second-order valence-corrected chi connectivity index (χ2v) is 6.13. The second kappa shape index (κ2) is 7.28. The summed E-state index contributed by atoms with van der Waals surface area (Å²) in [6.45, 7) is 0. The maximum Gasteiger partial charge on any atom is 0.123 e. The molecule has 0 N–H and O–H groups in total. The van der Waals surface area contributed by atoms with E-state index < -0.39 is 0 Å². The molecule has 0 aromatic heterocycles. The highest BCUT2D eigenvalue weighted by molar-refractivity contribution is 9.09. The first-order chi connectivity index (χ1) is 8.79. The predicted octanol–water partition coefficient (Wildman–Crippen LogP) is 5.66. The van der Waals surface area contributed by atoms with Crippen LogP contribution in [-0.4, -0.2) is 5.33 Å². The zero-order valence-corrected chi connectivity index (χ0v) is 12.5. The van der Waals surface area contributed by atoms with Crippen LogP contribution in [0.15, 0.2) is 24.3 Å². The van der Waals surface area contributed by atoms with Gasteiger partial charge in [-0.1, -0.05) is 60.2 Å². The van der Waals surface area contributed by atoms with Crippen LogP contribution in [0.5, 0.6) is 0 Å². The highest BCUT2D eigenvalue weighted by atomic mass is 79.9. The zero-order chi connectivity index (χ0) is 12.8. The van der Waals surface area contributed by atoms with Crippen molar-refractivity contribution in [3.63, 3.8) is 0 Å². The molecule has 1 aromatic rings. The molecule has 1 saturated carbocycles. The summed E-state index contributed by atoms with van der Waals surface area (Å²) in [5.74, 6) is 1.33. The lowest BCUT2D eigenvalue weighted by atomic mass is 9.83. The van der Waals surface area contributed by atoms with Crippen molar-refractivity contribution >= 4 is 15.9 Å². The Labute approximate surface area is 118 Å². The molecule has 0 amide bonds. The molecule has 0 radical (unpaired) electrons. The van der Waals surface area contributed by atoms with Crippen molar-refractivity contribution in [2.75, 3.05) is 5.33 Å². The summed E-state index contributed by atoms with van der Waals surface area (Å²) in [5, 5.41) is 0.978. The van der Waals surface area contributed by atoms with Gasteiger partial charge in [0.1, 0.15) is 5.82 Å². The van der Waals surface area contributed by atoms with E-state index in [0.29, 0.717) is 5.92 Å². The van der Waals surface area contributed by atoms with Crippen LogP contribution in [0.3, 0.4) is 0 Å². The number of halogens is 2. The minimum absolute atomic E-state index is 0.139. The number of rotatable bonds is 5. The smallest absolute Gasteiger partial charge is 0.123 e. The van der Waals surface area contributed by atoms with Crippen molar-refractivity contribution in [2.45, 2.75) is 50.9 Å². The monoisotopic (exact) mass is 312 g/mol. The van der Waals surface area contributed by atoms with E-state index in [9.17, 15) is 4.39 Å². The minimum Gasteiger partial charge on any atom is -0.207 e. The Balaban J connectivity index is 1.86. The molecular formula is C16H22BrF. The molecule has 0 heterocycles. The van der Waals surface area contributed by atoms with Gasteiger partial charge in [-0.05, 0) is 42.4 Å². The lowest BCUT2D eigenvalue weighted by Crippen LogP contribution is -2.09. The molecule has 0 saturated heterocycles. The molecule has 1 fully saturated rings. The van der Waals surface area contributed by atoms with Crippen molar-refractivity contribution in [1.29, 1.82) is 0 Å². The molecule has 0 spiro atoms. The Hall–Kier alpha value is -0.370. The van der Waals surface area contributed by atoms with Gasteiger partial charge < -0.3 is 0 Å². The van der Waals surface area contributed by atoms with Crippen molar-refractivity contribution in [3.05, 3.63) is 35.6 Å². The molecule has 0 nitrogen and oxygen atoms in total. The fraction of sp³-hybridized carbons (Fsp3) is 0.625. The Kier molecular flexibility index (Phi) is 5.68. The first-order valence-corrected chi connectivity index (χ1v) is 8.23. The van der Waals surface area contributed by atoms with Gasteiger partial charge in [-0.2, -0.15) is 0 Å². The Morgan fingerprint density at radius 3 is 2.39 bits per heavy atom. The summed E-state index contributed by atoms with van der Waals surface area (Å²) < 4.78 is 12.9. The van der Waals surface area contributed by atoms with Crippen LogP contribution < -0.4 is 0 Å². The molecule has 100 valence electrons. The van der Waals surface area contributed by atoms with Gasteiger partial charge in [0, 0.05) is 5.33 Å². The van der Waals surface area contributed by atoms with E-state index >= 15 is 0 Å². The minimum atomic E-state index is -0.139. The van der Waals surface area contributed by atoms with Crippen LogP contribution >= 0.6 is 15.9 Å². The van der Waals surface area contributed by atoms with Gasteiger partial charge >= 0.3 is 0 Å². The van der Waals surface area contributed by atoms with Crippen molar-refractivity contribution in [3.8, 4) is 0 Å². The summed E-state index contributed by atoms with van der Waals surface area (Å²) in [6, 6.07) is 7.02. The van der Waals surface area contributed by atoms with Crippen molar-refractivity contribution < 1.29 is 4.39 Å². The largest absolute Gasteiger partial charge is 0.207 e. The van der Waals surface area contributed by atoms with E-state index in [4.69, 9.17) is 0 Å². The Morgan fingerprint density at radius 1 is 1.11 bits per heavy atom. The van der Waals surface area contributed by atoms with Gasteiger partial charge in [-0.25, -0.2) is 4.39 Å². The van der Waals surface area contributed by atoms with E-state index in [1.807, 2.05) is 12.1 Å². The van der Waals surface area contributed by atoms with Crippen LogP contribution in [0, 0.1) is 11.7 Å². The summed E-state index contributed by atoms with van der Waals surface area (Å²) in [6.07, 6.45) is 9.64. The molecule has 2 heteroatoms. The van der Waals surface area contributed by atoms with E-state index in [2.05, 4.69) is 15.9 Å². The standard InChI is InChI=1S/C16H22BrF/c17-12-15(14-8-10-16(18)11-9-14)7-6-13-4-2-1-3-5-13/h8-11,13,15H,1-7,12H2. The van der Waals surface area contributed by atoms with Crippen molar-refractivity contribution in [1.82, 2.24) is 0 Å². The number of hydrogen-bond donors (Lipinski definition) is 0. The van der Waals surface area contributed by atoms with Gasteiger partial charge in [0.05, 0.1) is 0 Å². The quantitative estimate of drug-likeness (QED) is 0.615. The number of alkyl halides is 1. The van der Waals surface area contributed by atoms with Gasteiger partial charge in [0.15, 0.2) is 0 Å². The average molecular weight is 313 g/mol. The maximum atomic E-state index is 12.9. The van der Waals surface area contributed by atoms with E-state index in [0.717, 1.165) is 11.2 Å². The van der Waals surface area contributed by atoms with Gasteiger partial charge in [-0.3, -0.25) is 0 Å². The molecule has 18 heavy (non-hydrogen) atoms. The van der Waals surface area contributed by atoms with E-state index in [1.54, 1.807) is 12.1 Å². The molecular weight excluding hydrogens is 291 g/mol. The lowest BCUT2D eigenvalue weighted by Gasteiger charge is -2.23. The molecule has 1 aliphatic rings. The third-order valence-corrected chi connectivity index (χ3v) is 4.96. The average Bonchev–Trinajstić information content (AvgIpc) is 2.42. The summed E-state index contributed by atoms with van der Waals surface area (Å²) >= 11 is 3.60. The number of hydrogen-bond acceptors (Lipinski definition) is 0. The first-order valence-electron chi connectivity index (χ1n) is 7.11. The van der Waals surface area contributed by atoms with Gasteiger partial charge in [0.2, 0.25) is 0 Å². The summed E-state index contributed by atoms with van der Waals surface area (Å²) in [7, 11) is 0. The third-order valence-electron chi connectivity index (χ3n) is 4.18. The van der Waals surface area contributed by atoms with E-state index in [1.165, 1.54) is 50.5 Å². The van der Waals surface area contributed by atoms with Gasteiger partial charge in [0.25, 0.3) is 0 Å². The number of benzene rings is 1. The molecule has 1 aliphatic carbocycles. The molecule has 2 rings (SSSR count). The molecule has 1 unspecified atom stereocenters. The Morgan fingerprint density at radius 2 is 1.78 bits per heavy atom. The van der Waals surface area contributed by atoms with Crippen LogP contribution in [0.25, 0.3) is 0 Å². The highest BCUT2D eigenvalue weighted by Crippen LogP contribution is 2.32. The molecule has 0 aliphatic heterocycles. The molecule has 1 atom stereocenters. The normalized spacial score (nSPS) is 18.8. The Bertz CT molecular complexity index is 341. The molecule has 0 bridgehead atoms. The van der Waals surface area contributed by atoms with Crippen molar-refractivity contribution in [2.24, 2.45) is 5.92 Å². The van der Waals surface area contributed by atoms with Gasteiger partial charge in [-0.15, -0.1) is 0 Å². The SMILES string of the molecule is Fc1ccc(C(CBr)CCC2CCCCC2)cc1. The first kappa shape index (κ1) is 14.0. The van der Waals surface area contributed by atoms with Crippen LogP contribution in [-0.2, 0) is 0 Å². The van der Waals surface area contributed by atoms with Crippen LogP contribution in [0.1, 0.15) is 56.4 Å². The van der Waals surface area contributed by atoms with E-state index in [-0.39, 0.29) is 5.82 Å². The lowest BCUT2D eigenvalue weighted by molar-refractivity contribution is 0.326. The van der Waals surface area contributed by atoms with Crippen LogP contribution in [0.2, 0.25) is 0 Å². The maximum absolute atomic E-state index is 12.9. The third kappa shape index (κ3) is 4.08. The topological polar surface area (TPSA) is 0 Å². The summed E-state index contributed by atoms with van der Waals surface area (Å²) in [4.78, 5) is 0. The molecule has 1 aromatic carbocycles. The zero-order valence-electron chi connectivity index (χ0n) is 10.9. The fourth-order valence-corrected chi connectivity index (χ4v) is 3.68. The van der Waals surface area contributed by atoms with Crippen LogP contribution in [0.4, 0.5) is 4.39 Å². The summed E-state index contributed by atoms with van der Waals surface area (Å²) in [5.41, 5.74) is 1.27. The predicted molar refractivity (Wildman–Crippen MR) is 78.7 cm³/mol. The second-order valence-electron chi connectivity index (χ2n) is 5.48.